The fourth-order valence-electron chi connectivity index (χ4n) is 3.63. The normalized spacial score (nSPS) is 11.1. The van der Waals surface area contributed by atoms with Crippen molar-refractivity contribution in [2.75, 3.05) is 17.7 Å². The Labute approximate surface area is 187 Å². The first kappa shape index (κ1) is 20.0. The number of carbonyl (C=O) groups is 1. The number of H-pyrrole nitrogens is 1. The van der Waals surface area contributed by atoms with Crippen LogP contribution in [0.15, 0.2) is 55.0 Å². The summed E-state index contributed by atoms with van der Waals surface area (Å²) in [7, 11) is 1.53. The maximum Gasteiger partial charge on any atom is 0.263 e. The Bertz CT molecular complexity index is 1440. The monoisotopic (exact) mass is 444 g/mol. The van der Waals surface area contributed by atoms with E-state index >= 15 is 0 Å². The first-order valence-electron chi connectivity index (χ1n) is 9.99. The Morgan fingerprint density at radius 3 is 2.91 bits per heavy atom. The van der Waals surface area contributed by atoms with Gasteiger partial charge in [-0.05, 0) is 48.9 Å². The molecule has 4 heterocycles. The number of rotatable bonds is 6. The second-order valence-electron chi connectivity index (χ2n) is 7.17. The molecule has 0 radical (unpaired) electrons. The van der Waals surface area contributed by atoms with Crippen LogP contribution in [0.5, 0.6) is 5.75 Å². The van der Waals surface area contributed by atoms with Crippen LogP contribution in [-0.4, -0.2) is 33.0 Å². The van der Waals surface area contributed by atoms with Crippen LogP contribution >= 0.6 is 11.3 Å². The predicted octanol–water partition coefficient (Wildman–Crippen LogP) is 4.75. The zero-order chi connectivity index (χ0) is 22.1. The van der Waals surface area contributed by atoms with E-state index in [0.29, 0.717) is 29.4 Å². The highest BCUT2D eigenvalue weighted by atomic mass is 32.1. The molecule has 0 saturated carbocycles. The van der Waals surface area contributed by atoms with Gasteiger partial charge in [0.25, 0.3) is 5.91 Å². The molecule has 160 valence electrons. The number of nitrogens with zero attached hydrogens (tertiary/aromatic N) is 3. The fraction of sp³-hybridized carbons (Fsp3) is 0.130. The van der Waals surface area contributed by atoms with Crippen LogP contribution in [0, 0.1) is 6.92 Å². The number of amides is 1. The van der Waals surface area contributed by atoms with Gasteiger partial charge < -0.3 is 20.4 Å². The number of aryl methyl sites for hydroxylation is 1. The molecule has 0 atom stereocenters. The summed E-state index contributed by atoms with van der Waals surface area (Å²) in [5.74, 6) is 0.560. The van der Waals surface area contributed by atoms with Gasteiger partial charge in [0.05, 0.1) is 22.3 Å². The average Bonchev–Trinajstić information content (AvgIpc) is 3.42. The molecule has 9 heteroatoms. The van der Waals surface area contributed by atoms with Gasteiger partial charge in [0, 0.05) is 36.2 Å². The topological polar surface area (TPSA) is 105 Å². The van der Waals surface area contributed by atoms with Crippen molar-refractivity contribution >= 4 is 50.0 Å². The summed E-state index contributed by atoms with van der Waals surface area (Å²) in [4.78, 5) is 29.5. The van der Waals surface area contributed by atoms with Crippen molar-refractivity contribution in [1.82, 2.24) is 19.9 Å². The van der Waals surface area contributed by atoms with Gasteiger partial charge in [-0.2, -0.15) is 0 Å². The van der Waals surface area contributed by atoms with Gasteiger partial charge in [-0.3, -0.25) is 4.79 Å². The molecule has 32 heavy (non-hydrogen) atoms. The first-order valence-corrected chi connectivity index (χ1v) is 10.8. The maximum atomic E-state index is 13.2. The number of benzene rings is 1. The lowest BCUT2D eigenvalue weighted by atomic mass is 10.1. The summed E-state index contributed by atoms with van der Waals surface area (Å²) in [6, 6.07) is 11.3. The lowest BCUT2D eigenvalue weighted by Crippen LogP contribution is -2.17. The zero-order valence-corrected chi connectivity index (χ0v) is 18.3. The van der Waals surface area contributed by atoms with E-state index in [4.69, 9.17) is 4.74 Å². The molecule has 0 unspecified atom stereocenters. The second-order valence-corrected chi connectivity index (χ2v) is 8.40. The van der Waals surface area contributed by atoms with Gasteiger partial charge in [0.1, 0.15) is 22.8 Å². The van der Waals surface area contributed by atoms with Crippen LogP contribution in [-0.2, 0) is 6.54 Å². The van der Waals surface area contributed by atoms with Gasteiger partial charge in [-0.15, -0.1) is 11.3 Å². The summed E-state index contributed by atoms with van der Waals surface area (Å²) in [6.45, 7) is 2.44. The van der Waals surface area contributed by atoms with Crippen molar-refractivity contribution in [3.63, 3.8) is 0 Å². The number of ether oxygens (including phenoxy) is 1. The fourth-order valence-corrected chi connectivity index (χ4v) is 4.44. The van der Waals surface area contributed by atoms with Gasteiger partial charge in [0.15, 0.2) is 0 Å². The van der Waals surface area contributed by atoms with E-state index in [0.717, 1.165) is 31.8 Å². The number of methoxy groups -OCH3 is 1. The highest BCUT2D eigenvalue weighted by molar-refractivity contribution is 7.18. The van der Waals surface area contributed by atoms with Crippen molar-refractivity contribution in [3.8, 4) is 5.75 Å². The van der Waals surface area contributed by atoms with E-state index < -0.39 is 0 Å². The summed E-state index contributed by atoms with van der Waals surface area (Å²) in [5.41, 5.74) is 3.71. The Morgan fingerprint density at radius 1 is 1.16 bits per heavy atom. The van der Waals surface area contributed by atoms with Crippen molar-refractivity contribution in [2.45, 2.75) is 13.5 Å². The van der Waals surface area contributed by atoms with Crippen molar-refractivity contribution in [1.29, 1.82) is 0 Å². The highest BCUT2D eigenvalue weighted by Crippen LogP contribution is 2.28. The number of aromatic amines is 1. The number of fused-ring (bicyclic) bond motifs is 2. The molecule has 0 fully saturated rings. The van der Waals surface area contributed by atoms with Gasteiger partial charge in [-0.25, -0.2) is 15.0 Å². The Balaban J connectivity index is 1.43. The quantitative estimate of drug-likeness (QED) is 0.349. The molecule has 0 bridgehead atoms. The third-order valence-corrected chi connectivity index (χ3v) is 6.06. The van der Waals surface area contributed by atoms with Crippen LogP contribution in [0.25, 0.3) is 21.3 Å². The second kappa shape index (κ2) is 8.27. The van der Waals surface area contributed by atoms with E-state index in [1.165, 1.54) is 7.11 Å². The van der Waals surface area contributed by atoms with Gasteiger partial charge >= 0.3 is 0 Å². The molecular formula is C23H20N6O2S. The molecule has 0 aliphatic carbocycles. The minimum absolute atomic E-state index is 0.315. The predicted molar refractivity (Wildman–Crippen MR) is 127 cm³/mol. The van der Waals surface area contributed by atoms with Crippen LogP contribution in [0.2, 0.25) is 0 Å². The third kappa shape index (κ3) is 3.74. The summed E-state index contributed by atoms with van der Waals surface area (Å²) in [5, 5.41) is 8.23. The molecule has 5 rings (SSSR count). The molecule has 1 amide bonds. The number of carbonyl (C=O) groups excluding carboxylic acids is 1. The molecule has 5 aromatic rings. The smallest absolute Gasteiger partial charge is 0.263 e. The molecule has 4 aromatic heterocycles. The Morgan fingerprint density at radius 2 is 2.03 bits per heavy atom. The highest BCUT2D eigenvalue weighted by Gasteiger charge is 2.19. The zero-order valence-electron chi connectivity index (χ0n) is 17.5. The van der Waals surface area contributed by atoms with Crippen LogP contribution < -0.4 is 15.4 Å². The van der Waals surface area contributed by atoms with Crippen LogP contribution in [0.3, 0.4) is 0 Å². The van der Waals surface area contributed by atoms with E-state index in [2.05, 4.69) is 30.6 Å². The molecule has 0 aliphatic rings. The summed E-state index contributed by atoms with van der Waals surface area (Å²) in [6.07, 6.45) is 5.21. The lowest BCUT2D eigenvalue weighted by Gasteiger charge is -2.15. The molecule has 1 aromatic carbocycles. The minimum atomic E-state index is -0.315. The van der Waals surface area contributed by atoms with Gasteiger partial charge in [0.2, 0.25) is 0 Å². The van der Waals surface area contributed by atoms with E-state index in [1.54, 1.807) is 29.8 Å². The number of thiazole rings is 1. The van der Waals surface area contributed by atoms with Crippen LogP contribution in [0.4, 0.5) is 11.5 Å². The van der Waals surface area contributed by atoms with E-state index in [9.17, 15) is 4.79 Å². The summed E-state index contributed by atoms with van der Waals surface area (Å²) < 4.78 is 6.54. The minimum Gasteiger partial charge on any atom is -0.496 e. The number of aromatic nitrogens is 4. The molecule has 0 saturated heterocycles. The Kier molecular flexibility index (Phi) is 5.16. The number of pyridine rings is 2. The SMILES string of the molecule is COc1ccnc(NCc2ccnc3[nH]ccc23)c1C(=O)Nc1ccc2sc(C)nc2c1. The van der Waals surface area contributed by atoms with Crippen molar-refractivity contribution in [2.24, 2.45) is 0 Å². The van der Waals surface area contributed by atoms with E-state index in [1.807, 2.05) is 43.5 Å². The van der Waals surface area contributed by atoms with Crippen LogP contribution in [0.1, 0.15) is 20.9 Å². The summed E-state index contributed by atoms with van der Waals surface area (Å²) >= 11 is 1.62. The number of anilines is 2. The number of hydrogen-bond acceptors (Lipinski definition) is 7. The van der Waals surface area contributed by atoms with Gasteiger partial charge in [-0.1, -0.05) is 0 Å². The first-order chi connectivity index (χ1) is 15.6. The number of nitrogens with one attached hydrogen (secondary N) is 3. The average molecular weight is 445 g/mol. The maximum absolute atomic E-state index is 13.2. The molecule has 0 spiro atoms. The largest absolute Gasteiger partial charge is 0.496 e. The van der Waals surface area contributed by atoms with Crippen molar-refractivity contribution in [3.05, 3.63) is 71.1 Å². The van der Waals surface area contributed by atoms with Crippen molar-refractivity contribution < 1.29 is 9.53 Å². The number of hydrogen-bond donors (Lipinski definition) is 3. The molecular weight excluding hydrogens is 424 g/mol. The molecule has 3 N–H and O–H groups in total. The lowest BCUT2D eigenvalue weighted by molar-refractivity contribution is 0.102. The van der Waals surface area contributed by atoms with E-state index in [-0.39, 0.29) is 5.91 Å². The standard InChI is InChI=1S/C23H20N6O2S/c1-13-28-17-11-15(3-4-19(17)32-13)29-23(30)20-18(31-2)7-10-26-22(20)27-12-14-5-8-24-21-16(14)6-9-25-21/h3-11H,12H2,1-2H3,(H,24,25)(H,26,27)(H,29,30). The molecule has 0 aliphatic heterocycles. The third-order valence-electron chi connectivity index (χ3n) is 5.11. The molecule has 8 nitrogen and oxygen atoms in total. The Hall–Kier alpha value is -3.98.